The molecule has 322 valence electrons. The molecule has 3 aliphatic heterocycles. The van der Waals surface area contributed by atoms with Gasteiger partial charge in [-0.2, -0.15) is 9.36 Å². The molecule has 0 saturated carbocycles. The highest BCUT2D eigenvalue weighted by Gasteiger charge is 2.53. The molecule has 18 heteroatoms. The number of rotatable bonds is 8. The number of nitrogens with two attached hydrogens (primary N) is 1. The molecule has 0 radical (unpaired) electrons. The Morgan fingerprint density at radius 2 is 1.79 bits per heavy atom. The molecule has 0 spiro atoms. The number of cyclic esters (lactones) is 1. The third-order valence-electron chi connectivity index (χ3n) is 11.7. The topological polar surface area (TPSA) is 227 Å². The van der Waals surface area contributed by atoms with E-state index in [1.165, 1.54) is 13.8 Å². The number of ketones is 2. The van der Waals surface area contributed by atoms with Gasteiger partial charge in [0.25, 0.3) is 0 Å². The van der Waals surface area contributed by atoms with E-state index in [0.717, 1.165) is 17.1 Å². The van der Waals surface area contributed by atoms with Gasteiger partial charge in [-0.3, -0.25) is 19.4 Å². The van der Waals surface area contributed by atoms with Crippen LogP contribution in [0.3, 0.4) is 0 Å². The number of aliphatic hydroxyl groups is 2. The fraction of sp³-hybridized carbons (Fsp3) is 0.725. The molecule has 58 heavy (non-hydrogen) atoms. The third kappa shape index (κ3) is 10.1. The van der Waals surface area contributed by atoms with Crippen LogP contribution in [0.1, 0.15) is 80.3 Å². The van der Waals surface area contributed by atoms with E-state index in [9.17, 15) is 24.6 Å². The number of hydrogen-bond acceptors (Lipinski definition) is 18. The summed E-state index contributed by atoms with van der Waals surface area (Å²) in [4.78, 5) is 58.8. The average Bonchev–Trinajstić information content (AvgIpc) is 3.62. The van der Waals surface area contributed by atoms with Crippen molar-refractivity contribution in [2.24, 2.45) is 28.8 Å². The van der Waals surface area contributed by atoms with Crippen molar-refractivity contribution in [3.63, 3.8) is 0 Å². The molecule has 2 aromatic rings. The normalized spacial score (nSPS) is 37.8. The number of esters is 1. The summed E-state index contributed by atoms with van der Waals surface area (Å²) < 4.78 is 35.9. The Labute approximate surface area is 344 Å². The van der Waals surface area contributed by atoms with Gasteiger partial charge in [-0.1, -0.05) is 32.9 Å². The van der Waals surface area contributed by atoms with Crippen molar-refractivity contribution in [3.8, 4) is 10.6 Å². The molecule has 4 N–H and O–H groups in total. The third-order valence-corrected chi connectivity index (χ3v) is 12.5. The van der Waals surface area contributed by atoms with Gasteiger partial charge in [0.05, 0.1) is 42.8 Å². The Balaban J connectivity index is 1.57. The van der Waals surface area contributed by atoms with Gasteiger partial charge in [-0.05, 0) is 84.7 Å². The van der Waals surface area contributed by atoms with Crippen LogP contribution in [0.4, 0.5) is 5.95 Å². The molecule has 3 aliphatic rings. The lowest BCUT2D eigenvalue weighted by Gasteiger charge is -2.47. The number of Topliss-reactive ketones (excluding diaryl/α,β-unsaturated/α-hetero) is 2. The summed E-state index contributed by atoms with van der Waals surface area (Å²) in [5, 5.41) is 28.8. The van der Waals surface area contributed by atoms with Gasteiger partial charge in [0.1, 0.15) is 40.2 Å². The van der Waals surface area contributed by atoms with Gasteiger partial charge < -0.3 is 49.4 Å². The summed E-state index contributed by atoms with van der Waals surface area (Å²) in [7, 11) is 3.71. The molecule has 13 atom stereocenters. The average molecular weight is 833 g/mol. The van der Waals surface area contributed by atoms with Gasteiger partial charge >= 0.3 is 5.97 Å². The monoisotopic (exact) mass is 832 g/mol. The second-order valence-electron chi connectivity index (χ2n) is 16.7. The maximum atomic E-state index is 14.4. The quantitative estimate of drug-likeness (QED) is 0.197. The minimum Gasteiger partial charge on any atom is -0.459 e. The van der Waals surface area contributed by atoms with Gasteiger partial charge in [0.15, 0.2) is 18.7 Å². The van der Waals surface area contributed by atoms with Crippen LogP contribution < -0.4 is 5.73 Å². The number of ether oxygens (including phenoxy) is 5. The van der Waals surface area contributed by atoms with Crippen molar-refractivity contribution in [2.45, 2.75) is 135 Å². The van der Waals surface area contributed by atoms with Crippen LogP contribution in [0.5, 0.6) is 0 Å². The number of carbonyl (C=O) groups is 3. The predicted molar refractivity (Wildman–Crippen MR) is 213 cm³/mol. The first-order chi connectivity index (χ1) is 27.3. The van der Waals surface area contributed by atoms with Crippen molar-refractivity contribution >= 4 is 40.7 Å². The lowest BCUT2D eigenvalue weighted by atomic mass is 9.74. The van der Waals surface area contributed by atoms with Crippen molar-refractivity contribution < 1.29 is 53.1 Å². The van der Waals surface area contributed by atoms with E-state index >= 15 is 0 Å². The Bertz CT molecular complexity index is 1770. The lowest BCUT2D eigenvalue weighted by Crippen LogP contribution is -2.60. The van der Waals surface area contributed by atoms with Crippen LogP contribution in [0.2, 0.25) is 0 Å². The smallest absolute Gasteiger partial charge is 0.316 e. The molecule has 0 amide bonds. The second-order valence-corrected chi connectivity index (χ2v) is 17.4. The van der Waals surface area contributed by atoms with Gasteiger partial charge in [0.2, 0.25) is 5.95 Å². The number of oxime groups is 1. The summed E-state index contributed by atoms with van der Waals surface area (Å²) >= 11 is 1.16. The van der Waals surface area contributed by atoms with E-state index in [0.29, 0.717) is 17.1 Å². The molecule has 3 saturated heterocycles. The minimum atomic E-state index is -1.88. The zero-order chi connectivity index (χ0) is 42.7. The summed E-state index contributed by atoms with van der Waals surface area (Å²) in [6, 6.07) is 3.25. The number of anilines is 1. The van der Waals surface area contributed by atoms with Crippen LogP contribution in [0.25, 0.3) is 10.6 Å². The standard InChI is InChI=1S/C40H60N6O11S/c1-11-29-40(8,51)34-22(4)30(47)20(2)15-39(7,53-18-27(17-52-34)44-54-19-26-13-12-25(16-42-26)35-43-38(41)45-58-35)33(23(5)31(48)24(6)36(50)56-29)57-37-32(49)28(46(9)10)14-21(3)55-37/h12-13,16,20-24,28-29,32-34,37,49,51H,11,14-15,17-19H2,1-10H3,(H2,41,45)/b44-27+/t20-,21-,22+,23+,24-,28+,29-,32-,33-,34-,37+,39-,40-/m1/s1. The number of hydrogen-bond donors (Lipinski definition) is 3. The van der Waals surface area contributed by atoms with E-state index in [-0.39, 0.29) is 62.3 Å². The highest BCUT2D eigenvalue weighted by Crippen LogP contribution is 2.39. The molecule has 2 aromatic heterocycles. The molecule has 17 nitrogen and oxygen atoms in total. The zero-order valence-electron chi connectivity index (χ0n) is 35.1. The maximum Gasteiger partial charge on any atom is 0.316 e. The number of fused-ring (bicyclic) bond motifs is 5. The number of nitrogens with zero attached hydrogens (tertiary/aromatic N) is 5. The summed E-state index contributed by atoms with van der Waals surface area (Å²) in [5.41, 5.74) is 3.91. The first kappa shape index (κ1) is 45.6. The first-order valence-corrected chi connectivity index (χ1v) is 20.7. The van der Waals surface area contributed by atoms with E-state index in [2.05, 4.69) is 19.5 Å². The zero-order valence-corrected chi connectivity index (χ0v) is 35.9. The number of likely N-dealkylation sites (N-methyl/N-ethyl adjacent to an activating group) is 1. The molecule has 5 rings (SSSR count). The highest BCUT2D eigenvalue weighted by atomic mass is 32.1. The Kier molecular flexibility index (Phi) is 14.8. The molecule has 3 fully saturated rings. The number of aliphatic hydroxyl groups excluding tert-OH is 1. The summed E-state index contributed by atoms with van der Waals surface area (Å²) in [6.07, 6.45) is -3.74. The molecule has 0 unspecified atom stereocenters. The largest absolute Gasteiger partial charge is 0.459 e. The lowest BCUT2D eigenvalue weighted by molar-refractivity contribution is -0.296. The Morgan fingerprint density at radius 3 is 2.41 bits per heavy atom. The Hall–Kier alpha value is -3.49. The van der Waals surface area contributed by atoms with Gasteiger partial charge in [0, 0.05) is 35.6 Å². The van der Waals surface area contributed by atoms with Crippen LogP contribution >= 0.6 is 11.5 Å². The molecular formula is C40H60N6O11S. The summed E-state index contributed by atoms with van der Waals surface area (Å²) in [6.45, 7) is 12.8. The van der Waals surface area contributed by atoms with Gasteiger partial charge in [-0.25, -0.2) is 0 Å². The Morgan fingerprint density at radius 1 is 1.07 bits per heavy atom. The second kappa shape index (κ2) is 18.8. The predicted octanol–water partition coefficient (Wildman–Crippen LogP) is 3.20. The number of pyridine rings is 1. The minimum absolute atomic E-state index is 0.0302. The number of aromatic nitrogens is 3. The summed E-state index contributed by atoms with van der Waals surface area (Å²) in [5.74, 6) is -5.35. The van der Waals surface area contributed by atoms with Crippen LogP contribution in [-0.4, -0.2) is 134 Å². The van der Waals surface area contributed by atoms with Gasteiger partial charge in [-0.15, -0.1) is 0 Å². The van der Waals surface area contributed by atoms with Crippen LogP contribution in [0, 0.1) is 23.7 Å². The van der Waals surface area contributed by atoms with Crippen molar-refractivity contribution in [2.75, 3.05) is 33.0 Å². The van der Waals surface area contributed by atoms with E-state index in [1.807, 2.05) is 32.0 Å². The fourth-order valence-electron chi connectivity index (χ4n) is 8.38. The molecule has 2 bridgehead atoms. The van der Waals surface area contributed by atoms with Crippen molar-refractivity contribution in [1.82, 2.24) is 19.2 Å². The molecule has 5 heterocycles. The SMILES string of the molecule is CC[C@H]1OC(=O)[C@H](C)C(=O)[C@H](C)[C@@H](O[C@@H]2O[C@H](C)C[C@H](N(C)C)[C@H]2O)[C@@]2(C)C[C@@H](C)C(=O)[C@H](C)[C@@H](OC/C(=N\OCc3ccc(-c4nc(N)ns4)cn3)CO2)[C@]1(C)O. The first-order valence-electron chi connectivity index (χ1n) is 19.9. The number of nitrogen functional groups attached to an aromatic ring is 1. The van der Waals surface area contributed by atoms with E-state index < -0.39 is 77.3 Å². The molecule has 0 aromatic carbocycles. The maximum absolute atomic E-state index is 14.4. The van der Waals surface area contributed by atoms with Crippen LogP contribution in [0.15, 0.2) is 23.5 Å². The van der Waals surface area contributed by atoms with Crippen LogP contribution in [-0.2, 0) is 49.5 Å². The fourth-order valence-corrected chi connectivity index (χ4v) is 8.96. The highest BCUT2D eigenvalue weighted by molar-refractivity contribution is 7.09. The molecular weight excluding hydrogens is 773 g/mol. The van der Waals surface area contributed by atoms with E-state index in [4.69, 9.17) is 34.3 Å². The van der Waals surface area contributed by atoms with Crippen molar-refractivity contribution in [1.29, 1.82) is 0 Å². The van der Waals surface area contributed by atoms with E-state index in [1.54, 1.807) is 46.9 Å². The number of carbonyl (C=O) groups excluding carboxylic acids is 3. The molecule has 0 aliphatic carbocycles. The van der Waals surface area contributed by atoms with Crippen molar-refractivity contribution in [3.05, 3.63) is 24.0 Å².